The molecule has 108 valence electrons. The summed E-state index contributed by atoms with van der Waals surface area (Å²) in [5, 5.41) is 8.16. The second kappa shape index (κ2) is 6.97. The molecule has 21 heavy (non-hydrogen) atoms. The Morgan fingerprint density at radius 2 is 1.76 bits per heavy atom. The zero-order chi connectivity index (χ0) is 15.2. The van der Waals surface area contributed by atoms with Gasteiger partial charge in [-0.15, -0.1) is 5.10 Å². The van der Waals surface area contributed by atoms with Gasteiger partial charge in [0.2, 0.25) is 5.96 Å². The van der Waals surface area contributed by atoms with Crippen molar-refractivity contribution in [3.8, 4) is 11.5 Å². The minimum atomic E-state index is -0.102. The Morgan fingerprint density at radius 1 is 1.00 bits per heavy atom. The number of benzene rings is 2. The van der Waals surface area contributed by atoms with Gasteiger partial charge in [0.05, 0.1) is 16.3 Å². The van der Waals surface area contributed by atoms with Crippen LogP contribution in [-0.4, -0.2) is 12.2 Å². The quantitative estimate of drug-likeness (QED) is 0.514. The van der Waals surface area contributed by atoms with E-state index in [0.29, 0.717) is 21.5 Å². The Morgan fingerprint density at radius 3 is 2.48 bits per heavy atom. The van der Waals surface area contributed by atoms with Crippen LogP contribution in [0.2, 0.25) is 10.0 Å². The number of rotatable bonds is 4. The lowest BCUT2D eigenvalue weighted by Crippen LogP contribution is -2.21. The van der Waals surface area contributed by atoms with Crippen LogP contribution < -0.4 is 16.2 Å². The molecule has 0 heterocycles. The van der Waals surface area contributed by atoms with E-state index >= 15 is 0 Å². The van der Waals surface area contributed by atoms with Crippen LogP contribution in [0.4, 0.5) is 0 Å². The summed E-state index contributed by atoms with van der Waals surface area (Å²) in [6.07, 6.45) is 1.52. The predicted octanol–water partition coefficient (Wildman–Crippen LogP) is 3.39. The van der Waals surface area contributed by atoms with E-state index in [-0.39, 0.29) is 5.96 Å². The van der Waals surface area contributed by atoms with Crippen molar-refractivity contribution in [3.63, 3.8) is 0 Å². The van der Waals surface area contributed by atoms with Gasteiger partial charge >= 0.3 is 0 Å². The molecule has 0 unspecified atom stereocenters. The largest absolute Gasteiger partial charge is 0.457 e. The molecular weight excluding hydrogens is 311 g/mol. The topological polar surface area (TPSA) is 86.0 Å². The molecule has 2 rings (SSSR count). The molecule has 0 aliphatic carbocycles. The molecule has 0 fully saturated rings. The van der Waals surface area contributed by atoms with Gasteiger partial charge in [-0.3, -0.25) is 0 Å². The first-order chi connectivity index (χ1) is 10.0. The normalized spacial score (nSPS) is 10.6. The SMILES string of the molecule is NC(N)=N/N=C/c1cccc(Oc2ccc(Cl)c(Cl)c2)c1. The van der Waals surface area contributed by atoms with Crippen molar-refractivity contribution < 1.29 is 4.74 Å². The fraction of sp³-hybridized carbons (Fsp3) is 0. The van der Waals surface area contributed by atoms with Gasteiger partial charge in [0, 0.05) is 6.07 Å². The van der Waals surface area contributed by atoms with Crippen molar-refractivity contribution in [2.24, 2.45) is 21.7 Å². The highest BCUT2D eigenvalue weighted by atomic mass is 35.5. The van der Waals surface area contributed by atoms with Crippen molar-refractivity contribution in [1.29, 1.82) is 0 Å². The van der Waals surface area contributed by atoms with Gasteiger partial charge in [-0.25, -0.2) is 0 Å². The zero-order valence-corrected chi connectivity index (χ0v) is 12.3. The van der Waals surface area contributed by atoms with Gasteiger partial charge in [0.25, 0.3) is 0 Å². The van der Waals surface area contributed by atoms with Crippen LogP contribution in [0.3, 0.4) is 0 Å². The van der Waals surface area contributed by atoms with E-state index in [2.05, 4.69) is 10.2 Å². The number of nitrogens with two attached hydrogens (primary N) is 2. The lowest BCUT2D eigenvalue weighted by molar-refractivity contribution is 0.482. The molecule has 0 aromatic heterocycles. The van der Waals surface area contributed by atoms with Crippen molar-refractivity contribution in [1.82, 2.24) is 0 Å². The van der Waals surface area contributed by atoms with E-state index in [1.807, 2.05) is 12.1 Å². The van der Waals surface area contributed by atoms with Crippen LogP contribution in [0.25, 0.3) is 0 Å². The van der Waals surface area contributed by atoms with E-state index in [9.17, 15) is 0 Å². The van der Waals surface area contributed by atoms with E-state index in [1.54, 1.807) is 30.3 Å². The third-order valence-electron chi connectivity index (χ3n) is 2.36. The molecule has 0 bridgehead atoms. The average Bonchev–Trinajstić information content (AvgIpc) is 2.43. The minimum Gasteiger partial charge on any atom is -0.457 e. The Balaban J connectivity index is 2.15. The first-order valence-electron chi connectivity index (χ1n) is 5.89. The Labute approximate surface area is 131 Å². The summed E-state index contributed by atoms with van der Waals surface area (Å²) in [6.45, 7) is 0. The molecule has 4 N–H and O–H groups in total. The van der Waals surface area contributed by atoms with Gasteiger partial charge in [0.15, 0.2) is 0 Å². The van der Waals surface area contributed by atoms with Crippen molar-refractivity contribution >= 4 is 35.4 Å². The van der Waals surface area contributed by atoms with E-state index in [4.69, 9.17) is 39.4 Å². The smallest absolute Gasteiger partial charge is 0.211 e. The number of ether oxygens (including phenoxy) is 1. The second-order valence-electron chi connectivity index (χ2n) is 4.02. The van der Waals surface area contributed by atoms with Crippen LogP contribution in [0, 0.1) is 0 Å². The number of halogens is 2. The first-order valence-corrected chi connectivity index (χ1v) is 6.65. The Hall–Kier alpha value is -2.24. The standard InChI is InChI=1S/C14H12Cl2N4O/c15-12-5-4-11(7-13(12)16)21-10-3-1-2-9(6-10)8-19-20-14(17)18/h1-8H,(H4,17,18,20)/b19-8+. The highest BCUT2D eigenvalue weighted by Crippen LogP contribution is 2.29. The molecule has 0 atom stereocenters. The summed E-state index contributed by atoms with van der Waals surface area (Å²) < 4.78 is 5.69. The zero-order valence-electron chi connectivity index (χ0n) is 10.8. The van der Waals surface area contributed by atoms with Crippen LogP contribution in [-0.2, 0) is 0 Å². The number of guanidine groups is 1. The minimum absolute atomic E-state index is 0.102. The molecule has 0 spiro atoms. The van der Waals surface area contributed by atoms with E-state index in [1.165, 1.54) is 6.21 Å². The molecule has 5 nitrogen and oxygen atoms in total. The van der Waals surface area contributed by atoms with Crippen LogP contribution in [0.5, 0.6) is 11.5 Å². The van der Waals surface area contributed by atoms with Crippen LogP contribution >= 0.6 is 23.2 Å². The fourth-order valence-corrected chi connectivity index (χ4v) is 1.79. The lowest BCUT2D eigenvalue weighted by Gasteiger charge is -2.07. The number of hydrogen-bond donors (Lipinski definition) is 2. The molecule has 0 saturated carbocycles. The third-order valence-corrected chi connectivity index (χ3v) is 3.10. The summed E-state index contributed by atoms with van der Waals surface area (Å²) >= 11 is 11.8. The third kappa shape index (κ3) is 4.66. The van der Waals surface area contributed by atoms with Crippen molar-refractivity contribution in [3.05, 3.63) is 58.1 Å². The molecule has 0 radical (unpaired) electrons. The van der Waals surface area contributed by atoms with E-state index < -0.39 is 0 Å². The summed E-state index contributed by atoms with van der Waals surface area (Å²) in [5.74, 6) is 1.11. The summed E-state index contributed by atoms with van der Waals surface area (Å²) in [7, 11) is 0. The first kappa shape index (κ1) is 15.2. The second-order valence-corrected chi connectivity index (χ2v) is 4.83. The molecule has 0 saturated heterocycles. The molecule has 2 aromatic rings. The maximum atomic E-state index is 5.94. The summed E-state index contributed by atoms with van der Waals surface area (Å²) in [4.78, 5) is 0. The maximum absolute atomic E-state index is 5.94. The Bertz CT molecular complexity index is 697. The molecule has 0 aliphatic rings. The summed E-state index contributed by atoms with van der Waals surface area (Å²) in [6, 6.07) is 12.3. The van der Waals surface area contributed by atoms with Gasteiger partial charge < -0.3 is 16.2 Å². The van der Waals surface area contributed by atoms with E-state index in [0.717, 1.165) is 5.56 Å². The number of nitrogens with zero attached hydrogens (tertiary/aromatic N) is 2. The molecule has 0 amide bonds. The molecule has 7 heteroatoms. The fourth-order valence-electron chi connectivity index (χ4n) is 1.50. The van der Waals surface area contributed by atoms with Gasteiger partial charge in [-0.1, -0.05) is 35.3 Å². The average molecular weight is 323 g/mol. The van der Waals surface area contributed by atoms with Gasteiger partial charge in [-0.2, -0.15) is 5.10 Å². The van der Waals surface area contributed by atoms with Crippen LogP contribution in [0.1, 0.15) is 5.56 Å². The molecular formula is C14H12Cl2N4O. The predicted molar refractivity (Wildman–Crippen MR) is 86.4 cm³/mol. The van der Waals surface area contributed by atoms with Gasteiger partial charge in [-0.05, 0) is 29.8 Å². The number of hydrogen-bond acceptors (Lipinski definition) is 3. The highest BCUT2D eigenvalue weighted by Gasteiger charge is 2.02. The monoisotopic (exact) mass is 322 g/mol. The molecule has 0 aliphatic heterocycles. The maximum Gasteiger partial charge on any atom is 0.211 e. The van der Waals surface area contributed by atoms with Crippen molar-refractivity contribution in [2.45, 2.75) is 0 Å². The van der Waals surface area contributed by atoms with Gasteiger partial charge in [0.1, 0.15) is 11.5 Å². The molecule has 2 aromatic carbocycles. The van der Waals surface area contributed by atoms with Crippen LogP contribution in [0.15, 0.2) is 52.7 Å². The summed E-state index contributed by atoms with van der Waals surface area (Å²) in [5.41, 5.74) is 11.2. The highest BCUT2D eigenvalue weighted by molar-refractivity contribution is 6.42. The van der Waals surface area contributed by atoms with Crippen molar-refractivity contribution in [2.75, 3.05) is 0 Å². The lowest BCUT2D eigenvalue weighted by atomic mass is 10.2. The Kier molecular flexibility index (Phi) is 5.03.